The van der Waals surface area contributed by atoms with Crippen LogP contribution in [0, 0.1) is 0 Å². The first-order chi connectivity index (χ1) is 10.1. The topological polar surface area (TPSA) is 27.7 Å². The molecule has 21 heavy (non-hydrogen) atoms. The Bertz CT molecular complexity index is 405. The third-order valence-corrected chi connectivity index (χ3v) is 4.94. The van der Waals surface area contributed by atoms with E-state index in [1.54, 1.807) is 11.8 Å². The van der Waals surface area contributed by atoms with Gasteiger partial charge in [-0.15, -0.1) is 11.8 Å². The lowest BCUT2D eigenvalue weighted by Crippen LogP contribution is -2.51. The van der Waals surface area contributed by atoms with Gasteiger partial charge in [-0.3, -0.25) is 0 Å². The summed E-state index contributed by atoms with van der Waals surface area (Å²) in [6.45, 7) is 6.91. The van der Waals surface area contributed by atoms with Gasteiger partial charge in [0.25, 0.3) is 0 Å². The number of hydrogen-bond acceptors (Lipinski definition) is 4. The van der Waals surface area contributed by atoms with E-state index < -0.39 is 11.4 Å². The van der Waals surface area contributed by atoms with Crippen LogP contribution in [0.1, 0.15) is 46.5 Å². The zero-order chi connectivity index (χ0) is 15.2. The molecule has 0 saturated carbocycles. The number of thioether (sulfide) groups is 1. The van der Waals surface area contributed by atoms with Crippen LogP contribution in [0.4, 0.5) is 0 Å². The molecule has 1 aromatic carbocycles. The molecule has 1 aromatic rings. The summed E-state index contributed by atoms with van der Waals surface area (Å²) in [5.74, 6) is 0.270. The molecule has 3 nitrogen and oxygen atoms in total. The first kappa shape index (κ1) is 16.8. The van der Waals surface area contributed by atoms with Crippen molar-refractivity contribution >= 4 is 11.8 Å². The smallest absolute Gasteiger partial charge is 0.201 e. The maximum absolute atomic E-state index is 6.09. The van der Waals surface area contributed by atoms with Crippen molar-refractivity contribution in [2.75, 3.05) is 12.4 Å². The van der Waals surface area contributed by atoms with Crippen molar-refractivity contribution in [1.29, 1.82) is 0 Å². The van der Waals surface area contributed by atoms with Crippen LogP contribution >= 0.6 is 11.8 Å². The molecule has 0 bridgehead atoms. The van der Waals surface area contributed by atoms with E-state index >= 15 is 0 Å². The van der Waals surface area contributed by atoms with Gasteiger partial charge in [-0.25, -0.2) is 9.78 Å². The molecular weight excluding hydrogens is 284 g/mol. The molecule has 1 fully saturated rings. The van der Waals surface area contributed by atoms with E-state index in [1.165, 1.54) is 4.90 Å². The fraction of sp³-hybridized carbons (Fsp3) is 0.647. The van der Waals surface area contributed by atoms with E-state index in [-0.39, 0.29) is 0 Å². The van der Waals surface area contributed by atoms with Gasteiger partial charge in [0.2, 0.25) is 5.79 Å². The molecule has 0 radical (unpaired) electrons. The lowest BCUT2D eigenvalue weighted by atomic mass is 10.0. The molecule has 0 aromatic heterocycles. The van der Waals surface area contributed by atoms with Gasteiger partial charge in [-0.2, -0.15) is 0 Å². The van der Waals surface area contributed by atoms with Crippen LogP contribution in [0.25, 0.3) is 0 Å². The minimum absolute atomic E-state index is 0.397. The predicted molar refractivity (Wildman–Crippen MR) is 86.2 cm³/mol. The van der Waals surface area contributed by atoms with Crippen molar-refractivity contribution in [2.24, 2.45) is 0 Å². The van der Waals surface area contributed by atoms with E-state index in [2.05, 4.69) is 26.0 Å². The second-order valence-electron chi connectivity index (χ2n) is 5.92. The van der Waals surface area contributed by atoms with E-state index in [0.717, 1.165) is 31.4 Å². The van der Waals surface area contributed by atoms with Gasteiger partial charge in [-0.1, -0.05) is 44.9 Å². The Balaban J connectivity index is 1.88. The fourth-order valence-electron chi connectivity index (χ4n) is 2.44. The molecule has 4 heteroatoms. The summed E-state index contributed by atoms with van der Waals surface area (Å²) in [6, 6.07) is 10.3. The third-order valence-electron chi connectivity index (χ3n) is 3.58. The Morgan fingerprint density at radius 3 is 2.24 bits per heavy atom. The Labute approximate surface area is 132 Å². The zero-order valence-electron chi connectivity index (χ0n) is 13.3. The normalized spacial score (nSPS) is 24.9. The summed E-state index contributed by atoms with van der Waals surface area (Å²) < 4.78 is 6.09. The van der Waals surface area contributed by atoms with E-state index in [9.17, 15) is 0 Å². The zero-order valence-corrected chi connectivity index (χ0v) is 14.1. The highest BCUT2D eigenvalue weighted by atomic mass is 32.2. The van der Waals surface area contributed by atoms with Crippen molar-refractivity contribution in [1.82, 2.24) is 0 Å². The van der Waals surface area contributed by atoms with Crippen molar-refractivity contribution in [3.63, 3.8) is 0 Å². The van der Waals surface area contributed by atoms with Gasteiger partial charge in [0.15, 0.2) is 0 Å². The highest BCUT2D eigenvalue weighted by Gasteiger charge is 2.43. The molecule has 118 valence electrons. The second-order valence-corrected chi connectivity index (χ2v) is 6.97. The molecule has 1 aliphatic rings. The average molecular weight is 310 g/mol. The molecule has 0 N–H and O–H groups in total. The molecule has 2 rings (SSSR count). The minimum Gasteiger partial charge on any atom is -0.344 e. The minimum atomic E-state index is -0.541. The maximum Gasteiger partial charge on any atom is 0.201 e. The van der Waals surface area contributed by atoms with Crippen LogP contribution in [-0.2, 0) is 14.5 Å². The Morgan fingerprint density at radius 1 is 1.05 bits per heavy atom. The SMILES string of the molecule is CCCC1(CCC)OCC(C)(CSc2ccccc2)OO1. The van der Waals surface area contributed by atoms with Gasteiger partial charge in [0.1, 0.15) is 5.60 Å². The molecule has 1 heterocycles. The van der Waals surface area contributed by atoms with Crippen molar-refractivity contribution in [2.45, 2.75) is 62.7 Å². The average Bonchev–Trinajstić information content (AvgIpc) is 2.51. The summed E-state index contributed by atoms with van der Waals surface area (Å²) in [5, 5.41) is 0. The van der Waals surface area contributed by atoms with Crippen LogP contribution in [0.2, 0.25) is 0 Å². The van der Waals surface area contributed by atoms with Crippen LogP contribution in [-0.4, -0.2) is 23.7 Å². The van der Waals surface area contributed by atoms with Gasteiger partial charge in [-0.05, 0) is 19.1 Å². The summed E-state index contributed by atoms with van der Waals surface area (Å²) in [7, 11) is 0. The van der Waals surface area contributed by atoms with Crippen LogP contribution in [0.15, 0.2) is 35.2 Å². The quantitative estimate of drug-likeness (QED) is 0.533. The second kappa shape index (κ2) is 7.63. The lowest BCUT2D eigenvalue weighted by Gasteiger charge is -2.43. The van der Waals surface area contributed by atoms with E-state index in [4.69, 9.17) is 14.5 Å². The Morgan fingerprint density at radius 2 is 1.71 bits per heavy atom. The summed E-state index contributed by atoms with van der Waals surface area (Å²) in [4.78, 5) is 12.7. The summed E-state index contributed by atoms with van der Waals surface area (Å²) in [5.41, 5.74) is -0.397. The van der Waals surface area contributed by atoms with Crippen molar-refractivity contribution in [3.05, 3.63) is 30.3 Å². The maximum atomic E-state index is 6.09. The molecule has 1 unspecified atom stereocenters. The van der Waals surface area contributed by atoms with Gasteiger partial charge in [0, 0.05) is 23.5 Å². The Kier molecular flexibility index (Phi) is 6.11. The largest absolute Gasteiger partial charge is 0.344 e. The molecule has 0 spiro atoms. The van der Waals surface area contributed by atoms with Gasteiger partial charge in [0.05, 0.1) is 6.61 Å². The molecule has 1 atom stereocenters. The first-order valence-electron chi connectivity index (χ1n) is 7.80. The fourth-order valence-corrected chi connectivity index (χ4v) is 3.39. The van der Waals surface area contributed by atoms with Crippen LogP contribution in [0.3, 0.4) is 0 Å². The van der Waals surface area contributed by atoms with Crippen LogP contribution < -0.4 is 0 Å². The predicted octanol–water partition coefficient (Wildman–Crippen LogP) is 4.81. The van der Waals surface area contributed by atoms with Gasteiger partial charge < -0.3 is 4.74 Å². The number of ether oxygens (including phenoxy) is 1. The highest BCUT2D eigenvalue weighted by Crippen LogP contribution is 2.36. The summed E-state index contributed by atoms with van der Waals surface area (Å²) in [6.07, 6.45) is 3.81. The standard InChI is InChI=1S/C17H26O3S/c1-4-11-17(12-5-2)18-13-16(3,19-20-17)14-21-15-9-7-6-8-10-15/h6-10H,4-5,11-14H2,1-3H3. The molecule has 0 amide bonds. The number of rotatable bonds is 7. The molecule has 0 aliphatic carbocycles. The van der Waals surface area contributed by atoms with Crippen molar-refractivity contribution < 1.29 is 14.5 Å². The van der Waals surface area contributed by atoms with Gasteiger partial charge >= 0.3 is 0 Å². The molecule has 1 saturated heterocycles. The highest BCUT2D eigenvalue weighted by molar-refractivity contribution is 7.99. The molecule has 1 aliphatic heterocycles. The van der Waals surface area contributed by atoms with Crippen molar-refractivity contribution in [3.8, 4) is 0 Å². The van der Waals surface area contributed by atoms with Crippen LogP contribution in [0.5, 0.6) is 0 Å². The number of hydrogen-bond donors (Lipinski definition) is 0. The third kappa shape index (κ3) is 4.71. The Hall–Kier alpha value is -0.550. The first-order valence-corrected chi connectivity index (χ1v) is 8.79. The van der Waals surface area contributed by atoms with E-state index in [1.807, 2.05) is 25.1 Å². The monoisotopic (exact) mass is 310 g/mol. The number of benzene rings is 1. The molecular formula is C17H26O3S. The summed E-state index contributed by atoms with van der Waals surface area (Å²) >= 11 is 1.77. The van der Waals surface area contributed by atoms with E-state index in [0.29, 0.717) is 6.61 Å². The lowest BCUT2D eigenvalue weighted by molar-refractivity contribution is -0.508.